The Hall–Kier alpha value is -1.39. The molecule has 17 heavy (non-hydrogen) atoms. The van der Waals surface area contributed by atoms with E-state index in [1.165, 1.54) is 4.88 Å². The van der Waals surface area contributed by atoms with Crippen molar-refractivity contribution in [2.75, 3.05) is 18.5 Å². The Labute approximate surface area is 106 Å². The number of aromatic nitrogens is 1. The lowest BCUT2D eigenvalue weighted by Crippen LogP contribution is -2.21. The minimum atomic E-state index is 0.564. The van der Waals surface area contributed by atoms with Gasteiger partial charge in [-0.15, -0.1) is 11.3 Å². The number of rotatable bonds is 5. The normalized spacial score (nSPS) is 10.5. The first-order valence-corrected chi connectivity index (χ1v) is 6.56. The number of nitrogens with zero attached hydrogens (tertiary/aromatic N) is 2. The highest BCUT2D eigenvalue weighted by atomic mass is 32.1. The molecule has 0 unspecified atom stereocenters. The summed E-state index contributed by atoms with van der Waals surface area (Å²) in [5, 5.41) is 2.11. The van der Waals surface area contributed by atoms with Crippen molar-refractivity contribution in [1.29, 1.82) is 0 Å². The van der Waals surface area contributed by atoms with Gasteiger partial charge in [-0.25, -0.2) is 4.98 Å². The number of nitrogens with two attached hydrogens (primary N) is 1. The summed E-state index contributed by atoms with van der Waals surface area (Å²) in [5.41, 5.74) is 6.75. The summed E-state index contributed by atoms with van der Waals surface area (Å²) in [6.07, 6.45) is 2.88. The van der Waals surface area contributed by atoms with Crippen LogP contribution in [-0.2, 0) is 13.0 Å². The van der Waals surface area contributed by atoms with Crippen LogP contribution >= 0.6 is 11.3 Å². The van der Waals surface area contributed by atoms with Gasteiger partial charge in [0, 0.05) is 31.2 Å². The molecule has 0 aliphatic rings. The van der Waals surface area contributed by atoms with Crippen LogP contribution in [0.5, 0.6) is 0 Å². The molecular formula is C13H17N3S. The van der Waals surface area contributed by atoms with Crippen LogP contribution in [0.1, 0.15) is 10.4 Å². The van der Waals surface area contributed by atoms with E-state index in [0.29, 0.717) is 6.54 Å². The van der Waals surface area contributed by atoms with Crippen molar-refractivity contribution in [1.82, 2.24) is 4.98 Å². The average molecular weight is 247 g/mol. The number of hydrogen-bond acceptors (Lipinski definition) is 4. The Bertz CT molecular complexity index is 453. The first-order chi connectivity index (χ1) is 8.29. The molecule has 0 saturated heterocycles. The first kappa shape index (κ1) is 12.1. The van der Waals surface area contributed by atoms with Gasteiger partial charge in [-0.3, -0.25) is 0 Å². The second kappa shape index (κ2) is 5.80. The number of hydrogen-bond donors (Lipinski definition) is 1. The van der Waals surface area contributed by atoms with Gasteiger partial charge in [0.05, 0.1) is 0 Å². The molecule has 0 fully saturated rings. The molecule has 0 saturated carbocycles. The smallest absolute Gasteiger partial charge is 0.128 e. The number of thiophene rings is 1. The largest absolute Gasteiger partial charge is 0.359 e. The van der Waals surface area contributed by atoms with E-state index in [1.54, 1.807) is 11.3 Å². The van der Waals surface area contributed by atoms with Crippen LogP contribution in [0.3, 0.4) is 0 Å². The van der Waals surface area contributed by atoms with Gasteiger partial charge in [-0.05, 0) is 35.6 Å². The van der Waals surface area contributed by atoms with E-state index in [2.05, 4.69) is 40.5 Å². The minimum Gasteiger partial charge on any atom is -0.359 e. The van der Waals surface area contributed by atoms with Crippen LogP contribution in [0.15, 0.2) is 35.8 Å². The summed E-state index contributed by atoms with van der Waals surface area (Å²) >= 11 is 1.80. The maximum Gasteiger partial charge on any atom is 0.128 e. The van der Waals surface area contributed by atoms with E-state index in [-0.39, 0.29) is 0 Å². The standard InChI is InChI=1S/C13H17N3S/c1-16(7-5-12-3-2-8-17-12)13-9-11(10-14)4-6-15-13/h2-4,6,8-9H,5,7,10,14H2,1H3. The van der Waals surface area contributed by atoms with Crippen molar-refractivity contribution in [3.8, 4) is 0 Å². The van der Waals surface area contributed by atoms with Crippen molar-refractivity contribution in [2.24, 2.45) is 5.73 Å². The minimum absolute atomic E-state index is 0.564. The van der Waals surface area contributed by atoms with Crippen molar-refractivity contribution in [3.63, 3.8) is 0 Å². The third-order valence-electron chi connectivity index (χ3n) is 2.71. The number of pyridine rings is 1. The van der Waals surface area contributed by atoms with Crippen molar-refractivity contribution >= 4 is 17.2 Å². The highest BCUT2D eigenvalue weighted by Gasteiger charge is 2.03. The zero-order valence-electron chi connectivity index (χ0n) is 9.97. The van der Waals surface area contributed by atoms with Gasteiger partial charge in [0.2, 0.25) is 0 Å². The van der Waals surface area contributed by atoms with Crippen LogP contribution in [-0.4, -0.2) is 18.6 Å². The van der Waals surface area contributed by atoms with Crippen LogP contribution in [0.2, 0.25) is 0 Å². The molecule has 0 aliphatic heterocycles. The lowest BCUT2D eigenvalue weighted by molar-refractivity contribution is 0.865. The molecule has 2 aromatic heterocycles. The fourth-order valence-corrected chi connectivity index (χ4v) is 2.34. The van der Waals surface area contributed by atoms with Gasteiger partial charge in [0.25, 0.3) is 0 Å². The molecule has 0 amide bonds. The van der Waals surface area contributed by atoms with Crippen molar-refractivity contribution < 1.29 is 0 Å². The van der Waals surface area contributed by atoms with Gasteiger partial charge < -0.3 is 10.6 Å². The zero-order chi connectivity index (χ0) is 12.1. The van der Waals surface area contributed by atoms with E-state index < -0.39 is 0 Å². The van der Waals surface area contributed by atoms with Gasteiger partial charge >= 0.3 is 0 Å². The van der Waals surface area contributed by atoms with E-state index in [1.807, 2.05) is 12.3 Å². The Kier molecular flexibility index (Phi) is 4.12. The maximum atomic E-state index is 5.63. The highest BCUT2D eigenvalue weighted by Crippen LogP contribution is 2.13. The molecule has 3 nitrogen and oxygen atoms in total. The van der Waals surface area contributed by atoms with Crippen LogP contribution in [0.25, 0.3) is 0 Å². The molecular weight excluding hydrogens is 230 g/mol. The van der Waals surface area contributed by atoms with E-state index in [9.17, 15) is 0 Å². The quantitative estimate of drug-likeness (QED) is 0.881. The second-order valence-corrected chi connectivity index (χ2v) is 5.01. The maximum absolute atomic E-state index is 5.63. The Morgan fingerprint density at radius 3 is 3.00 bits per heavy atom. The summed E-state index contributed by atoms with van der Waals surface area (Å²) in [6, 6.07) is 8.26. The molecule has 0 aromatic carbocycles. The van der Waals surface area contributed by atoms with Gasteiger partial charge in [-0.1, -0.05) is 6.07 Å². The van der Waals surface area contributed by atoms with Gasteiger partial charge in [0.15, 0.2) is 0 Å². The molecule has 2 heterocycles. The SMILES string of the molecule is CN(CCc1cccs1)c1cc(CN)ccn1. The fourth-order valence-electron chi connectivity index (χ4n) is 1.64. The summed E-state index contributed by atoms with van der Waals surface area (Å²) in [5.74, 6) is 0.990. The second-order valence-electron chi connectivity index (χ2n) is 3.98. The summed E-state index contributed by atoms with van der Waals surface area (Å²) in [7, 11) is 2.07. The molecule has 0 aliphatic carbocycles. The summed E-state index contributed by atoms with van der Waals surface area (Å²) in [4.78, 5) is 7.94. The van der Waals surface area contributed by atoms with Gasteiger partial charge in [0.1, 0.15) is 5.82 Å². The lowest BCUT2D eigenvalue weighted by Gasteiger charge is -2.18. The third-order valence-corrected chi connectivity index (χ3v) is 3.65. The monoisotopic (exact) mass is 247 g/mol. The number of likely N-dealkylation sites (N-methyl/N-ethyl adjacent to an activating group) is 1. The summed E-state index contributed by atoms with van der Waals surface area (Å²) in [6.45, 7) is 1.54. The molecule has 0 bridgehead atoms. The Morgan fingerprint density at radius 1 is 1.41 bits per heavy atom. The van der Waals surface area contributed by atoms with E-state index in [0.717, 1.165) is 24.3 Å². The highest BCUT2D eigenvalue weighted by molar-refractivity contribution is 7.09. The predicted octanol–water partition coefficient (Wildman–Crippen LogP) is 2.28. The first-order valence-electron chi connectivity index (χ1n) is 5.68. The fraction of sp³-hybridized carbons (Fsp3) is 0.308. The van der Waals surface area contributed by atoms with Crippen molar-refractivity contribution in [2.45, 2.75) is 13.0 Å². The molecule has 0 spiro atoms. The molecule has 90 valence electrons. The lowest BCUT2D eigenvalue weighted by atomic mass is 10.2. The zero-order valence-corrected chi connectivity index (χ0v) is 10.8. The van der Waals surface area contributed by atoms with E-state index >= 15 is 0 Å². The number of anilines is 1. The summed E-state index contributed by atoms with van der Waals surface area (Å²) < 4.78 is 0. The van der Waals surface area contributed by atoms with Crippen molar-refractivity contribution in [3.05, 3.63) is 46.3 Å². The topological polar surface area (TPSA) is 42.1 Å². The Morgan fingerprint density at radius 2 is 2.29 bits per heavy atom. The van der Waals surface area contributed by atoms with Crippen LogP contribution < -0.4 is 10.6 Å². The molecule has 0 atom stereocenters. The molecule has 2 rings (SSSR count). The molecule has 2 N–H and O–H groups in total. The van der Waals surface area contributed by atoms with E-state index in [4.69, 9.17) is 5.73 Å². The predicted molar refractivity (Wildman–Crippen MR) is 73.4 cm³/mol. The van der Waals surface area contributed by atoms with Crippen LogP contribution in [0, 0.1) is 0 Å². The molecule has 4 heteroatoms. The Balaban J connectivity index is 1.96. The van der Waals surface area contributed by atoms with Crippen LogP contribution in [0.4, 0.5) is 5.82 Å². The average Bonchev–Trinajstić information content (AvgIpc) is 2.89. The molecule has 2 aromatic rings. The van der Waals surface area contributed by atoms with Gasteiger partial charge in [-0.2, -0.15) is 0 Å². The molecule has 0 radical (unpaired) electrons. The third kappa shape index (κ3) is 3.28.